The van der Waals surface area contributed by atoms with Crippen LogP contribution >= 0.6 is 0 Å². The number of benzene rings is 2. The quantitative estimate of drug-likeness (QED) is 0.794. The number of amides is 3. The van der Waals surface area contributed by atoms with Crippen LogP contribution in [-0.4, -0.2) is 31.1 Å². The lowest BCUT2D eigenvalue weighted by Crippen LogP contribution is -2.43. The molecule has 27 heavy (non-hydrogen) atoms. The number of urea groups is 1. The van der Waals surface area contributed by atoms with Gasteiger partial charge in [-0.3, -0.25) is 9.69 Å². The van der Waals surface area contributed by atoms with E-state index >= 15 is 0 Å². The number of methoxy groups -OCH3 is 2. The molecule has 1 fully saturated rings. The van der Waals surface area contributed by atoms with Crippen molar-refractivity contribution in [1.29, 1.82) is 0 Å². The number of imide groups is 1. The first-order chi connectivity index (χ1) is 13.0. The SMILES string of the molecule is CC[C@@]1(c2ccccc2)NC(=O)N(Cc2cc(OC)c(OC)cc2C)C1=O. The Morgan fingerprint density at radius 2 is 1.67 bits per heavy atom. The monoisotopic (exact) mass is 368 g/mol. The zero-order chi connectivity index (χ0) is 19.6. The van der Waals surface area contributed by atoms with Crippen LogP contribution in [0.3, 0.4) is 0 Å². The van der Waals surface area contributed by atoms with Crippen molar-refractivity contribution in [2.45, 2.75) is 32.4 Å². The van der Waals surface area contributed by atoms with Crippen LogP contribution in [0.25, 0.3) is 0 Å². The van der Waals surface area contributed by atoms with Crippen LogP contribution in [0.15, 0.2) is 42.5 Å². The summed E-state index contributed by atoms with van der Waals surface area (Å²) in [4.78, 5) is 27.2. The van der Waals surface area contributed by atoms with Crippen molar-refractivity contribution in [2.24, 2.45) is 0 Å². The second-order valence-electron chi connectivity index (χ2n) is 6.58. The lowest BCUT2D eigenvalue weighted by molar-refractivity contribution is -0.132. The fraction of sp³-hybridized carbons (Fsp3) is 0.333. The average Bonchev–Trinajstić information content (AvgIpc) is 2.94. The normalized spacial score (nSPS) is 19.2. The van der Waals surface area contributed by atoms with Gasteiger partial charge in [0.05, 0.1) is 20.8 Å². The minimum Gasteiger partial charge on any atom is -0.493 e. The van der Waals surface area contributed by atoms with E-state index in [9.17, 15) is 9.59 Å². The second kappa shape index (κ2) is 7.31. The molecule has 3 rings (SSSR count). The lowest BCUT2D eigenvalue weighted by Gasteiger charge is -2.26. The maximum atomic E-state index is 13.2. The summed E-state index contributed by atoms with van der Waals surface area (Å²) in [5, 5.41) is 2.91. The predicted octanol–water partition coefficient (Wildman–Crippen LogP) is 3.37. The fourth-order valence-corrected chi connectivity index (χ4v) is 3.50. The Morgan fingerprint density at radius 3 is 2.26 bits per heavy atom. The zero-order valence-corrected chi connectivity index (χ0v) is 16.0. The van der Waals surface area contributed by atoms with Crippen LogP contribution in [0.2, 0.25) is 0 Å². The Kier molecular flexibility index (Phi) is 5.08. The van der Waals surface area contributed by atoms with Gasteiger partial charge in [-0.25, -0.2) is 4.79 Å². The summed E-state index contributed by atoms with van der Waals surface area (Å²) in [5.74, 6) is 0.938. The van der Waals surface area contributed by atoms with Gasteiger partial charge >= 0.3 is 6.03 Å². The van der Waals surface area contributed by atoms with Crippen LogP contribution in [0.1, 0.15) is 30.0 Å². The molecule has 0 saturated carbocycles. The maximum Gasteiger partial charge on any atom is 0.325 e. The standard InChI is InChI=1S/C21H24N2O4/c1-5-21(16-9-7-6-8-10-16)19(24)23(20(25)22-21)13-15-12-18(27-4)17(26-3)11-14(15)2/h6-12H,5,13H2,1-4H3,(H,22,25)/t21-/m0/s1. The van der Waals surface area contributed by atoms with Gasteiger partial charge in [0.15, 0.2) is 11.5 Å². The van der Waals surface area contributed by atoms with Crippen LogP contribution < -0.4 is 14.8 Å². The van der Waals surface area contributed by atoms with E-state index in [-0.39, 0.29) is 18.5 Å². The number of nitrogens with zero attached hydrogens (tertiary/aromatic N) is 1. The highest BCUT2D eigenvalue weighted by Crippen LogP contribution is 2.35. The molecule has 6 heteroatoms. The number of hydrogen-bond acceptors (Lipinski definition) is 4. The Bertz CT molecular complexity index is 866. The van der Waals surface area contributed by atoms with Crippen molar-refractivity contribution >= 4 is 11.9 Å². The van der Waals surface area contributed by atoms with E-state index < -0.39 is 5.54 Å². The molecule has 1 atom stereocenters. The molecule has 3 amide bonds. The fourth-order valence-electron chi connectivity index (χ4n) is 3.50. The summed E-state index contributed by atoms with van der Waals surface area (Å²) >= 11 is 0. The van der Waals surface area contributed by atoms with Gasteiger partial charge in [-0.15, -0.1) is 0 Å². The lowest BCUT2D eigenvalue weighted by atomic mass is 9.87. The first-order valence-corrected chi connectivity index (χ1v) is 8.88. The minimum atomic E-state index is -1.02. The van der Waals surface area contributed by atoms with Crippen molar-refractivity contribution in [1.82, 2.24) is 10.2 Å². The summed E-state index contributed by atoms with van der Waals surface area (Å²) in [6.45, 7) is 3.99. The van der Waals surface area contributed by atoms with Gasteiger partial charge in [-0.05, 0) is 42.2 Å². The third-order valence-electron chi connectivity index (χ3n) is 5.14. The van der Waals surface area contributed by atoms with Crippen molar-refractivity contribution < 1.29 is 19.1 Å². The predicted molar refractivity (Wildman–Crippen MR) is 102 cm³/mol. The molecule has 0 aliphatic carbocycles. The highest BCUT2D eigenvalue weighted by Gasteiger charge is 2.51. The van der Waals surface area contributed by atoms with Gasteiger partial charge in [-0.1, -0.05) is 37.3 Å². The van der Waals surface area contributed by atoms with E-state index in [0.717, 1.165) is 16.7 Å². The molecule has 6 nitrogen and oxygen atoms in total. The molecule has 1 aliphatic rings. The summed E-state index contributed by atoms with van der Waals surface area (Å²) in [6.07, 6.45) is 0.475. The highest BCUT2D eigenvalue weighted by atomic mass is 16.5. The first-order valence-electron chi connectivity index (χ1n) is 8.88. The average molecular weight is 368 g/mol. The smallest absolute Gasteiger partial charge is 0.325 e. The van der Waals surface area contributed by atoms with E-state index in [0.29, 0.717) is 17.9 Å². The molecular formula is C21H24N2O4. The number of carbonyl (C=O) groups excluding carboxylic acids is 2. The Morgan fingerprint density at radius 1 is 1.04 bits per heavy atom. The third kappa shape index (κ3) is 3.12. The second-order valence-corrected chi connectivity index (χ2v) is 6.58. The zero-order valence-electron chi connectivity index (χ0n) is 16.0. The number of rotatable bonds is 6. The van der Waals surface area contributed by atoms with Crippen LogP contribution in [0, 0.1) is 6.92 Å². The first kappa shape index (κ1) is 18.8. The van der Waals surface area contributed by atoms with Gasteiger partial charge in [0.1, 0.15) is 5.54 Å². The molecule has 0 unspecified atom stereocenters. The van der Waals surface area contributed by atoms with Gasteiger partial charge in [0.2, 0.25) is 0 Å². The summed E-state index contributed by atoms with van der Waals surface area (Å²) in [6, 6.07) is 12.6. The van der Waals surface area contributed by atoms with Gasteiger partial charge in [0, 0.05) is 0 Å². The molecule has 2 aromatic carbocycles. The molecule has 1 N–H and O–H groups in total. The largest absolute Gasteiger partial charge is 0.493 e. The van der Waals surface area contributed by atoms with Crippen molar-refractivity contribution in [3.05, 3.63) is 59.2 Å². The summed E-state index contributed by atoms with van der Waals surface area (Å²) < 4.78 is 10.7. The Balaban J connectivity index is 1.95. The molecule has 0 radical (unpaired) electrons. The summed E-state index contributed by atoms with van der Waals surface area (Å²) in [7, 11) is 3.13. The van der Waals surface area contributed by atoms with Crippen LogP contribution in [0.5, 0.6) is 11.5 Å². The molecule has 0 bridgehead atoms. The molecule has 1 aliphatic heterocycles. The van der Waals surface area contributed by atoms with E-state index in [1.165, 1.54) is 4.90 Å². The maximum absolute atomic E-state index is 13.2. The van der Waals surface area contributed by atoms with Crippen molar-refractivity contribution in [2.75, 3.05) is 14.2 Å². The van der Waals surface area contributed by atoms with E-state index in [1.54, 1.807) is 14.2 Å². The van der Waals surface area contributed by atoms with E-state index in [4.69, 9.17) is 9.47 Å². The topological polar surface area (TPSA) is 67.9 Å². The van der Waals surface area contributed by atoms with Gasteiger partial charge < -0.3 is 14.8 Å². The van der Waals surface area contributed by atoms with Gasteiger partial charge in [-0.2, -0.15) is 0 Å². The molecule has 0 aromatic heterocycles. The Labute approximate surface area is 159 Å². The molecule has 0 spiro atoms. The third-order valence-corrected chi connectivity index (χ3v) is 5.14. The van der Waals surface area contributed by atoms with Crippen molar-refractivity contribution in [3.8, 4) is 11.5 Å². The van der Waals surface area contributed by atoms with Crippen LogP contribution in [-0.2, 0) is 16.9 Å². The van der Waals surface area contributed by atoms with E-state index in [2.05, 4.69) is 5.32 Å². The number of ether oxygens (including phenoxy) is 2. The Hall–Kier alpha value is -3.02. The minimum absolute atomic E-state index is 0.172. The van der Waals surface area contributed by atoms with Crippen LogP contribution in [0.4, 0.5) is 4.79 Å². The molecule has 1 saturated heterocycles. The highest BCUT2D eigenvalue weighted by molar-refractivity contribution is 6.07. The van der Waals surface area contributed by atoms with E-state index in [1.807, 2.05) is 56.3 Å². The summed E-state index contributed by atoms with van der Waals surface area (Å²) in [5.41, 5.74) is 1.51. The molecule has 2 aromatic rings. The number of aryl methyl sites for hydroxylation is 1. The molecule has 142 valence electrons. The number of hydrogen-bond donors (Lipinski definition) is 1. The van der Waals surface area contributed by atoms with Crippen molar-refractivity contribution in [3.63, 3.8) is 0 Å². The number of nitrogens with one attached hydrogen (secondary N) is 1. The van der Waals surface area contributed by atoms with Gasteiger partial charge in [0.25, 0.3) is 5.91 Å². The molecular weight excluding hydrogens is 344 g/mol. The number of carbonyl (C=O) groups is 2. The molecule has 1 heterocycles.